The number of carbonyl (C=O) groups is 1. The summed E-state index contributed by atoms with van der Waals surface area (Å²) < 4.78 is 0. The van der Waals surface area contributed by atoms with E-state index in [0.29, 0.717) is 13.0 Å². The zero-order valence-corrected chi connectivity index (χ0v) is 12.5. The third kappa shape index (κ3) is 5.02. The van der Waals surface area contributed by atoms with Crippen LogP contribution in [0.3, 0.4) is 0 Å². The second kappa shape index (κ2) is 8.34. The highest BCUT2D eigenvalue weighted by atomic mass is 16.2. The zero-order chi connectivity index (χ0) is 15.0. The molecule has 0 aromatic heterocycles. The van der Waals surface area contributed by atoms with E-state index in [0.717, 1.165) is 12.1 Å². The van der Waals surface area contributed by atoms with Crippen LogP contribution in [0.4, 0.5) is 0 Å². The highest BCUT2D eigenvalue weighted by Crippen LogP contribution is 2.23. The smallest absolute Gasteiger partial charge is 0.234 e. The van der Waals surface area contributed by atoms with Gasteiger partial charge in [-0.25, -0.2) is 0 Å². The fourth-order valence-corrected chi connectivity index (χ4v) is 2.21. The number of nitrogens with zero attached hydrogens (tertiary/aromatic N) is 2. The third-order valence-electron chi connectivity index (χ3n) is 3.11. The molecule has 20 heavy (non-hydrogen) atoms. The highest BCUT2D eigenvalue weighted by Gasteiger charge is 2.21. The first kappa shape index (κ1) is 16.2. The van der Waals surface area contributed by atoms with Crippen LogP contribution in [0.1, 0.15) is 38.8 Å². The van der Waals surface area contributed by atoms with Crippen LogP contribution in [-0.4, -0.2) is 29.9 Å². The van der Waals surface area contributed by atoms with E-state index in [1.165, 1.54) is 0 Å². The van der Waals surface area contributed by atoms with E-state index in [9.17, 15) is 4.79 Å². The van der Waals surface area contributed by atoms with Crippen molar-refractivity contribution >= 4 is 5.91 Å². The quantitative estimate of drug-likeness (QED) is 0.830. The van der Waals surface area contributed by atoms with Gasteiger partial charge in [0.15, 0.2) is 0 Å². The Bertz CT molecular complexity index is 451. The van der Waals surface area contributed by atoms with Crippen LogP contribution < -0.4 is 5.32 Å². The Morgan fingerprint density at radius 2 is 2.00 bits per heavy atom. The molecule has 1 atom stereocenters. The predicted octanol–water partition coefficient (Wildman–Crippen LogP) is 2.49. The van der Waals surface area contributed by atoms with E-state index < -0.39 is 0 Å². The zero-order valence-electron chi connectivity index (χ0n) is 12.5. The maximum absolute atomic E-state index is 11.9. The molecular weight excluding hydrogens is 250 g/mol. The fraction of sp³-hybridized carbons (Fsp3) is 0.500. The van der Waals surface area contributed by atoms with Gasteiger partial charge in [0.25, 0.3) is 0 Å². The molecule has 1 aromatic rings. The normalized spacial score (nSPS) is 12.2. The van der Waals surface area contributed by atoms with Gasteiger partial charge in [-0.1, -0.05) is 37.3 Å². The summed E-state index contributed by atoms with van der Waals surface area (Å²) in [5.74, 6) is 0.000668. The number of nitriles is 1. The third-order valence-corrected chi connectivity index (χ3v) is 3.11. The minimum absolute atomic E-state index is 0.000668. The van der Waals surface area contributed by atoms with Crippen molar-refractivity contribution in [2.24, 2.45) is 0 Å². The van der Waals surface area contributed by atoms with E-state index in [1.807, 2.05) is 56.0 Å². The minimum Gasteiger partial charge on any atom is -0.353 e. The van der Waals surface area contributed by atoms with Crippen LogP contribution in [0.15, 0.2) is 30.3 Å². The molecule has 0 saturated carbocycles. The van der Waals surface area contributed by atoms with Crippen LogP contribution in [-0.2, 0) is 4.79 Å². The van der Waals surface area contributed by atoms with Gasteiger partial charge in [-0.3, -0.25) is 9.69 Å². The molecule has 0 saturated heterocycles. The van der Waals surface area contributed by atoms with Crippen LogP contribution >= 0.6 is 0 Å². The van der Waals surface area contributed by atoms with E-state index in [-0.39, 0.29) is 18.0 Å². The van der Waals surface area contributed by atoms with Crippen LogP contribution in [0.5, 0.6) is 0 Å². The summed E-state index contributed by atoms with van der Waals surface area (Å²) in [5.41, 5.74) is 1.08. The van der Waals surface area contributed by atoms with Crippen molar-refractivity contribution < 1.29 is 4.79 Å². The number of benzene rings is 1. The van der Waals surface area contributed by atoms with Gasteiger partial charge in [0.2, 0.25) is 5.91 Å². The lowest BCUT2D eigenvalue weighted by Crippen LogP contribution is -2.41. The maximum atomic E-state index is 11.9. The number of likely N-dealkylation sites (N-methyl/N-ethyl adjacent to an activating group) is 1. The van der Waals surface area contributed by atoms with Crippen molar-refractivity contribution in [3.8, 4) is 6.07 Å². The van der Waals surface area contributed by atoms with Gasteiger partial charge in [-0.05, 0) is 26.0 Å². The van der Waals surface area contributed by atoms with E-state index in [4.69, 9.17) is 5.26 Å². The fourth-order valence-electron chi connectivity index (χ4n) is 2.21. The van der Waals surface area contributed by atoms with E-state index >= 15 is 0 Å². The molecule has 0 fully saturated rings. The summed E-state index contributed by atoms with van der Waals surface area (Å²) in [5, 5.41) is 11.9. The molecular formula is C16H23N3O. The van der Waals surface area contributed by atoms with Crippen molar-refractivity contribution in [1.82, 2.24) is 10.2 Å². The number of hydrogen-bond acceptors (Lipinski definition) is 3. The van der Waals surface area contributed by atoms with Crippen molar-refractivity contribution in [1.29, 1.82) is 5.26 Å². The summed E-state index contributed by atoms with van der Waals surface area (Å²) in [6, 6.07) is 12.2. The molecule has 1 amide bonds. The van der Waals surface area contributed by atoms with Gasteiger partial charge in [-0.15, -0.1) is 0 Å². The first-order chi connectivity index (χ1) is 9.58. The Labute approximate surface area is 121 Å². The van der Waals surface area contributed by atoms with Gasteiger partial charge in [0.05, 0.1) is 19.0 Å². The molecule has 1 aromatic carbocycles. The average molecular weight is 273 g/mol. The highest BCUT2D eigenvalue weighted by molar-refractivity contribution is 5.78. The molecule has 0 heterocycles. The summed E-state index contributed by atoms with van der Waals surface area (Å²) in [4.78, 5) is 14.0. The molecule has 0 radical (unpaired) electrons. The Balaban J connectivity index is 2.82. The topological polar surface area (TPSA) is 56.1 Å². The van der Waals surface area contributed by atoms with Crippen LogP contribution in [0.25, 0.3) is 0 Å². The molecule has 4 heteroatoms. The van der Waals surface area contributed by atoms with E-state index in [1.54, 1.807) is 0 Å². The molecule has 0 aliphatic heterocycles. The number of amides is 1. The molecule has 1 N–H and O–H groups in total. The van der Waals surface area contributed by atoms with Gasteiger partial charge >= 0.3 is 0 Å². The average Bonchev–Trinajstić information content (AvgIpc) is 2.42. The Morgan fingerprint density at radius 3 is 2.50 bits per heavy atom. The van der Waals surface area contributed by atoms with Gasteiger partial charge in [-0.2, -0.15) is 5.26 Å². The van der Waals surface area contributed by atoms with Crippen molar-refractivity contribution in [3.63, 3.8) is 0 Å². The number of carbonyl (C=O) groups excluding carboxylic acids is 1. The SMILES string of the molecule is CCN(CC(=O)NC(C)C)C(CC#N)c1ccccc1. The van der Waals surface area contributed by atoms with Crippen molar-refractivity contribution in [2.45, 2.75) is 39.3 Å². The van der Waals surface area contributed by atoms with Crippen LogP contribution in [0.2, 0.25) is 0 Å². The summed E-state index contributed by atoms with van der Waals surface area (Å²) in [7, 11) is 0. The molecule has 0 spiro atoms. The number of nitrogens with one attached hydrogen (secondary N) is 1. The molecule has 0 aliphatic carbocycles. The standard InChI is InChI=1S/C16H23N3O/c1-4-19(12-16(20)18-13(2)3)15(10-11-17)14-8-6-5-7-9-14/h5-9,13,15H,4,10,12H2,1-3H3,(H,18,20). The van der Waals surface area contributed by atoms with Crippen molar-refractivity contribution in [2.75, 3.05) is 13.1 Å². The first-order valence-electron chi connectivity index (χ1n) is 7.03. The number of rotatable bonds is 7. The predicted molar refractivity (Wildman–Crippen MR) is 79.9 cm³/mol. The molecule has 1 rings (SSSR count). The second-order valence-corrected chi connectivity index (χ2v) is 5.07. The molecule has 0 aliphatic rings. The van der Waals surface area contributed by atoms with Gasteiger partial charge in [0, 0.05) is 12.1 Å². The Kier molecular flexibility index (Phi) is 6.75. The summed E-state index contributed by atoms with van der Waals surface area (Å²) in [6.45, 7) is 6.94. The molecule has 1 unspecified atom stereocenters. The lowest BCUT2D eigenvalue weighted by atomic mass is 10.0. The largest absolute Gasteiger partial charge is 0.353 e. The van der Waals surface area contributed by atoms with Gasteiger partial charge in [0.1, 0.15) is 0 Å². The van der Waals surface area contributed by atoms with Crippen molar-refractivity contribution in [3.05, 3.63) is 35.9 Å². The van der Waals surface area contributed by atoms with Crippen LogP contribution in [0, 0.1) is 11.3 Å². The van der Waals surface area contributed by atoms with E-state index in [2.05, 4.69) is 11.4 Å². The van der Waals surface area contributed by atoms with Gasteiger partial charge < -0.3 is 5.32 Å². The Hall–Kier alpha value is -1.86. The second-order valence-electron chi connectivity index (χ2n) is 5.07. The first-order valence-corrected chi connectivity index (χ1v) is 7.03. The lowest BCUT2D eigenvalue weighted by molar-refractivity contribution is -0.123. The lowest BCUT2D eigenvalue weighted by Gasteiger charge is -2.29. The Morgan fingerprint density at radius 1 is 1.35 bits per heavy atom. The molecule has 0 bridgehead atoms. The molecule has 108 valence electrons. The molecule has 4 nitrogen and oxygen atoms in total. The number of hydrogen-bond donors (Lipinski definition) is 1. The maximum Gasteiger partial charge on any atom is 0.234 e. The minimum atomic E-state index is -0.0379. The summed E-state index contributed by atoms with van der Waals surface area (Å²) in [6.07, 6.45) is 0.382. The summed E-state index contributed by atoms with van der Waals surface area (Å²) >= 11 is 0. The monoisotopic (exact) mass is 273 g/mol.